The number of hydrogen-bond acceptors (Lipinski definition) is 6. The minimum absolute atomic E-state index is 0.0416. The Kier molecular flexibility index (Phi) is 4.71. The Labute approximate surface area is 121 Å². The molecule has 1 aromatic carbocycles. The van der Waals surface area contributed by atoms with Gasteiger partial charge in [-0.3, -0.25) is 20.8 Å². The highest BCUT2D eigenvalue weighted by atomic mass is 16.6. The number of likely N-dealkylation sites (tertiary alicyclic amines) is 1. The number of carbonyl (C=O) groups is 1. The number of nitrogen functional groups attached to an aromatic ring is 1. The molecule has 2 rings (SSSR count). The number of nitrogens with one attached hydrogen (secondary N) is 1. The molecule has 8 heteroatoms. The van der Waals surface area contributed by atoms with Gasteiger partial charge in [0, 0.05) is 31.3 Å². The van der Waals surface area contributed by atoms with Crippen LogP contribution in [0.4, 0.5) is 11.4 Å². The van der Waals surface area contributed by atoms with Crippen molar-refractivity contribution in [1.82, 2.24) is 4.90 Å². The third-order valence-electron chi connectivity index (χ3n) is 3.66. The van der Waals surface area contributed by atoms with E-state index >= 15 is 0 Å². The Morgan fingerprint density at radius 3 is 2.95 bits per heavy atom. The minimum atomic E-state index is -0.585. The Bertz CT molecular complexity index is 549. The number of nitrogens with zero attached hydrogens (tertiary/aromatic N) is 2. The second-order valence-corrected chi connectivity index (χ2v) is 5.08. The standard InChI is InChI=1S/C13H18N4O4/c14-15-11-4-3-10(6-12(11)17(20)21)13(19)16-5-1-2-9(7-16)8-18/h3-4,6,9,15,18H,1-2,5,7-8,14H2. The maximum atomic E-state index is 12.4. The first kappa shape index (κ1) is 15.2. The molecular formula is C13H18N4O4. The van der Waals surface area contributed by atoms with E-state index in [2.05, 4.69) is 5.43 Å². The SMILES string of the molecule is NNc1ccc(C(=O)N2CCCC(CO)C2)cc1[N+](=O)[O-]. The highest BCUT2D eigenvalue weighted by Gasteiger charge is 2.25. The third-order valence-corrected chi connectivity index (χ3v) is 3.66. The molecule has 114 valence electrons. The van der Waals surface area contributed by atoms with Crippen LogP contribution in [0.1, 0.15) is 23.2 Å². The molecule has 0 spiro atoms. The van der Waals surface area contributed by atoms with Crippen molar-refractivity contribution in [3.63, 3.8) is 0 Å². The number of hydrazine groups is 1. The number of anilines is 1. The summed E-state index contributed by atoms with van der Waals surface area (Å²) in [6.07, 6.45) is 1.71. The summed E-state index contributed by atoms with van der Waals surface area (Å²) in [6.45, 7) is 1.11. The molecule has 0 aliphatic carbocycles. The van der Waals surface area contributed by atoms with Crippen LogP contribution in [-0.2, 0) is 0 Å². The van der Waals surface area contributed by atoms with Crippen LogP contribution < -0.4 is 11.3 Å². The second-order valence-electron chi connectivity index (χ2n) is 5.08. The van der Waals surface area contributed by atoms with Crippen molar-refractivity contribution in [2.75, 3.05) is 25.1 Å². The number of rotatable bonds is 4. The summed E-state index contributed by atoms with van der Waals surface area (Å²) in [7, 11) is 0. The lowest BCUT2D eigenvalue weighted by Gasteiger charge is -2.31. The molecule has 0 bridgehead atoms. The van der Waals surface area contributed by atoms with Gasteiger partial charge < -0.3 is 15.4 Å². The fourth-order valence-electron chi connectivity index (χ4n) is 2.52. The minimum Gasteiger partial charge on any atom is -0.396 e. The summed E-state index contributed by atoms with van der Waals surface area (Å²) in [6, 6.07) is 4.14. The third kappa shape index (κ3) is 3.29. The number of benzene rings is 1. The Morgan fingerprint density at radius 2 is 2.33 bits per heavy atom. The van der Waals surface area contributed by atoms with Crippen LogP contribution in [0.3, 0.4) is 0 Å². The molecule has 0 saturated carbocycles. The van der Waals surface area contributed by atoms with Crippen LogP contribution in [0.15, 0.2) is 18.2 Å². The van der Waals surface area contributed by atoms with E-state index in [0.29, 0.717) is 13.1 Å². The van der Waals surface area contributed by atoms with Crippen LogP contribution in [-0.4, -0.2) is 40.5 Å². The van der Waals surface area contributed by atoms with Crippen LogP contribution >= 0.6 is 0 Å². The zero-order chi connectivity index (χ0) is 15.4. The maximum Gasteiger partial charge on any atom is 0.294 e. The molecule has 1 aliphatic heterocycles. The molecule has 8 nitrogen and oxygen atoms in total. The van der Waals surface area contributed by atoms with E-state index in [0.717, 1.165) is 12.8 Å². The fourth-order valence-corrected chi connectivity index (χ4v) is 2.52. The Morgan fingerprint density at radius 1 is 1.57 bits per heavy atom. The van der Waals surface area contributed by atoms with Crippen molar-refractivity contribution >= 4 is 17.3 Å². The number of amides is 1. The average molecular weight is 294 g/mol. The number of nitrogens with two attached hydrogens (primary N) is 1. The molecule has 1 aliphatic rings. The lowest BCUT2D eigenvalue weighted by molar-refractivity contribution is -0.384. The first-order valence-electron chi connectivity index (χ1n) is 6.72. The topological polar surface area (TPSA) is 122 Å². The van der Waals surface area contributed by atoms with Crippen LogP contribution in [0.25, 0.3) is 0 Å². The van der Waals surface area contributed by atoms with Gasteiger partial charge in [-0.1, -0.05) is 0 Å². The zero-order valence-electron chi connectivity index (χ0n) is 11.5. The lowest BCUT2D eigenvalue weighted by atomic mass is 9.98. The van der Waals surface area contributed by atoms with Gasteiger partial charge in [-0.25, -0.2) is 0 Å². The smallest absolute Gasteiger partial charge is 0.294 e. The Hall–Kier alpha value is -2.19. The van der Waals surface area contributed by atoms with Gasteiger partial charge >= 0.3 is 0 Å². The quantitative estimate of drug-likeness (QED) is 0.427. The first-order valence-corrected chi connectivity index (χ1v) is 6.72. The number of piperidine rings is 1. The molecule has 1 amide bonds. The highest BCUT2D eigenvalue weighted by molar-refractivity contribution is 5.95. The van der Waals surface area contributed by atoms with Crippen LogP contribution in [0.5, 0.6) is 0 Å². The van der Waals surface area contributed by atoms with Crippen molar-refractivity contribution in [3.05, 3.63) is 33.9 Å². The van der Waals surface area contributed by atoms with Gasteiger partial charge in [-0.2, -0.15) is 0 Å². The normalized spacial score (nSPS) is 18.4. The number of carbonyl (C=O) groups excluding carboxylic acids is 1. The fraction of sp³-hybridized carbons (Fsp3) is 0.462. The number of nitro groups is 1. The van der Waals surface area contributed by atoms with Crippen LogP contribution in [0, 0.1) is 16.0 Å². The summed E-state index contributed by atoms with van der Waals surface area (Å²) >= 11 is 0. The molecule has 1 atom stereocenters. The predicted octanol–water partition coefficient (Wildman–Crippen LogP) is 0.725. The molecule has 0 aromatic heterocycles. The van der Waals surface area contributed by atoms with E-state index in [1.165, 1.54) is 18.2 Å². The number of aliphatic hydroxyl groups is 1. The number of nitro benzene ring substituents is 1. The molecule has 1 aromatic rings. The van der Waals surface area contributed by atoms with E-state index in [4.69, 9.17) is 5.84 Å². The molecule has 0 radical (unpaired) electrons. The number of aliphatic hydroxyl groups excluding tert-OH is 1. The van der Waals surface area contributed by atoms with E-state index < -0.39 is 4.92 Å². The van der Waals surface area contributed by atoms with Crippen molar-refractivity contribution in [2.24, 2.45) is 11.8 Å². The lowest BCUT2D eigenvalue weighted by Crippen LogP contribution is -2.40. The molecule has 1 saturated heterocycles. The molecular weight excluding hydrogens is 276 g/mol. The van der Waals surface area contributed by atoms with E-state index in [1.54, 1.807) is 4.90 Å². The monoisotopic (exact) mass is 294 g/mol. The predicted molar refractivity (Wildman–Crippen MR) is 76.6 cm³/mol. The Balaban J connectivity index is 2.23. The molecule has 1 heterocycles. The zero-order valence-corrected chi connectivity index (χ0v) is 11.5. The second kappa shape index (κ2) is 6.51. The average Bonchev–Trinajstić information content (AvgIpc) is 2.53. The number of hydrogen-bond donors (Lipinski definition) is 3. The van der Waals surface area contributed by atoms with Crippen molar-refractivity contribution in [1.29, 1.82) is 0 Å². The first-order chi connectivity index (χ1) is 10.1. The molecule has 1 unspecified atom stereocenters. The van der Waals surface area contributed by atoms with Crippen molar-refractivity contribution in [3.8, 4) is 0 Å². The van der Waals surface area contributed by atoms with E-state index in [1.807, 2.05) is 0 Å². The van der Waals surface area contributed by atoms with Crippen molar-refractivity contribution in [2.45, 2.75) is 12.8 Å². The molecule has 21 heavy (non-hydrogen) atoms. The summed E-state index contributed by atoms with van der Waals surface area (Å²) < 4.78 is 0. The molecule has 1 fully saturated rings. The summed E-state index contributed by atoms with van der Waals surface area (Å²) in [5.74, 6) is 5.02. The van der Waals surface area contributed by atoms with Gasteiger partial charge in [0.2, 0.25) is 0 Å². The van der Waals surface area contributed by atoms with Gasteiger partial charge in [0.05, 0.1) is 4.92 Å². The van der Waals surface area contributed by atoms with E-state index in [9.17, 15) is 20.0 Å². The largest absolute Gasteiger partial charge is 0.396 e. The van der Waals surface area contributed by atoms with Gasteiger partial charge in [-0.15, -0.1) is 0 Å². The van der Waals surface area contributed by atoms with Gasteiger partial charge in [0.25, 0.3) is 11.6 Å². The van der Waals surface area contributed by atoms with Gasteiger partial charge in [-0.05, 0) is 30.9 Å². The maximum absolute atomic E-state index is 12.4. The summed E-state index contributed by atoms with van der Waals surface area (Å²) in [5, 5.41) is 20.2. The van der Waals surface area contributed by atoms with Crippen molar-refractivity contribution < 1.29 is 14.8 Å². The summed E-state index contributed by atoms with van der Waals surface area (Å²) in [5.41, 5.74) is 2.41. The van der Waals surface area contributed by atoms with Crippen LogP contribution in [0.2, 0.25) is 0 Å². The van der Waals surface area contributed by atoms with Gasteiger partial charge in [0.15, 0.2) is 0 Å². The highest BCUT2D eigenvalue weighted by Crippen LogP contribution is 2.26. The summed E-state index contributed by atoms with van der Waals surface area (Å²) in [4.78, 5) is 24.4. The van der Waals surface area contributed by atoms with E-state index in [-0.39, 0.29) is 35.4 Å². The molecule has 4 N–H and O–H groups in total. The van der Waals surface area contributed by atoms with Gasteiger partial charge in [0.1, 0.15) is 5.69 Å².